The summed E-state index contributed by atoms with van der Waals surface area (Å²) in [5.74, 6) is 0. The molecule has 4 nitrogen and oxygen atoms in total. The van der Waals surface area contributed by atoms with Gasteiger partial charge in [0.25, 0.3) is 0 Å². The number of aromatic amines is 1. The fourth-order valence-electron chi connectivity index (χ4n) is 3.92. The van der Waals surface area contributed by atoms with E-state index in [1.165, 1.54) is 16.7 Å². The maximum Gasteiger partial charge on any atom is 0.326 e. The molecule has 1 N–H and O–H groups in total. The molecule has 4 heteroatoms. The number of likely N-dealkylation sites (tertiary alicyclic amines) is 1. The molecule has 1 aliphatic rings. The molecule has 3 aromatic rings. The molecule has 0 radical (unpaired) electrons. The Kier molecular flexibility index (Phi) is 4.22. The molecular weight excluding hydrogens is 310 g/mol. The normalized spacial score (nSPS) is 16.6. The predicted molar refractivity (Wildman–Crippen MR) is 102 cm³/mol. The molecule has 1 aliphatic heterocycles. The fraction of sp³-hybridized carbons (Fsp3) is 0.381. The molecule has 4 rings (SSSR count). The summed E-state index contributed by atoms with van der Waals surface area (Å²) in [7, 11) is 0. The lowest BCUT2D eigenvalue weighted by molar-refractivity contribution is 0.180. The Balaban J connectivity index is 1.53. The van der Waals surface area contributed by atoms with Gasteiger partial charge in [0.2, 0.25) is 0 Å². The highest BCUT2D eigenvalue weighted by Crippen LogP contribution is 2.27. The second kappa shape index (κ2) is 6.52. The van der Waals surface area contributed by atoms with E-state index in [0.717, 1.165) is 43.5 Å². The summed E-state index contributed by atoms with van der Waals surface area (Å²) in [4.78, 5) is 18.1. The highest BCUT2D eigenvalue weighted by molar-refractivity contribution is 5.77. The molecule has 0 bridgehead atoms. The summed E-state index contributed by atoms with van der Waals surface area (Å²) < 4.78 is 1.99. The van der Waals surface area contributed by atoms with Crippen LogP contribution in [0.3, 0.4) is 0 Å². The molecule has 0 amide bonds. The minimum absolute atomic E-state index is 0.0292. The van der Waals surface area contributed by atoms with Gasteiger partial charge in [-0.25, -0.2) is 4.79 Å². The summed E-state index contributed by atoms with van der Waals surface area (Å²) in [5, 5.41) is 0. The van der Waals surface area contributed by atoms with E-state index in [0.29, 0.717) is 0 Å². The van der Waals surface area contributed by atoms with Crippen LogP contribution >= 0.6 is 0 Å². The Morgan fingerprint density at radius 1 is 1.04 bits per heavy atom. The molecule has 2 heterocycles. The number of aromatic nitrogens is 2. The zero-order valence-electron chi connectivity index (χ0n) is 15.0. The molecule has 25 heavy (non-hydrogen) atoms. The van der Waals surface area contributed by atoms with Gasteiger partial charge in [-0.1, -0.05) is 30.3 Å². The maximum atomic E-state index is 12.5. The third kappa shape index (κ3) is 3.14. The predicted octanol–water partition coefficient (Wildman–Crippen LogP) is 3.78. The van der Waals surface area contributed by atoms with Gasteiger partial charge in [-0.2, -0.15) is 0 Å². The van der Waals surface area contributed by atoms with E-state index in [4.69, 9.17) is 0 Å². The Bertz CT molecular complexity index is 931. The van der Waals surface area contributed by atoms with Gasteiger partial charge >= 0.3 is 5.69 Å². The van der Waals surface area contributed by atoms with Crippen LogP contribution < -0.4 is 5.69 Å². The summed E-state index contributed by atoms with van der Waals surface area (Å²) in [6.07, 6.45) is 2.04. The molecule has 0 atom stereocenters. The van der Waals surface area contributed by atoms with Gasteiger partial charge in [0.15, 0.2) is 0 Å². The third-order valence-corrected chi connectivity index (χ3v) is 5.50. The lowest BCUT2D eigenvalue weighted by Crippen LogP contribution is -2.36. The van der Waals surface area contributed by atoms with Gasteiger partial charge in [0, 0.05) is 25.7 Å². The second-order valence-electron chi connectivity index (χ2n) is 7.25. The molecule has 0 spiro atoms. The molecule has 1 aromatic heterocycles. The van der Waals surface area contributed by atoms with Crippen molar-refractivity contribution in [2.75, 3.05) is 13.1 Å². The fourth-order valence-corrected chi connectivity index (χ4v) is 3.92. The first kappa shape index (κ1) is 16.2. The van der Waals surface area contributed by atoms with Gasteiger partial charge in [-0.15, -0.1) is 0 Å². The van der Waals surface area contributed by atoms with Crippen molar-refractivity contribution in [3.05, 3.63) is 69.6 Å². The van der Waals surface area contributed by atoms with Crippen molar-refractivity contribution in [3.8, 4) is 0 Å². The zero-order valence-corrected chi connectivity index (χ0v) is 15.0. The lowest BCUT2D eigenvalue weighted by atomic mass is 10.0. The number of fused-ring (bicyclic) bond motifs is 1. The standard InChI is InChI=1S/C21H25N3O/c1-15-12-19-20(13-16(15)2)24(21(25)22-19)18-8-10-23(11-9-18)14-17-6-4-3-5-7-17/h3-7,12-13,18H,8-11,14H2,1-2H3,(H,22,25). The van der Waals surface area contributed by atoms with Crippen LogP contribution in [0.1, 0.15) is 35.6 Å². The quantitative estimate of drug-likeness (QED) is 0.791. The summed E-state index contributed by atoms with van der Waals surface area (Å²) in [6.45, 7) is 7.26. The van der Waals surface area contributed by atoms with E-state index in [-0.39, 0.29) is 11.7 Å². The van der Waals surface area contributed by atoms with Crippen LogP contribution in [0.5, 0.6) is 0 Å². The molecule has 0 unspecified atom stereocenters. The number of hydrogen-bond acceptors (Lipinski definition) is 2. The molecule has 1 saturated heterocycles. The van der Waals surface area contributed by atoms with Gasteiger partial charge in [0.05, 0.1) is 11.0 Å². The van der Waals surface area contributed by atoms with Crippen LogP contribution in [0.15, 0.2) is 47.3 Å². The number of nitrogens with one attached hydrogen (secondary N) is 1. The first-order valence-corrected chi connectivity index (χ1v) is 9.09. The molecule has 1 fully saturated rings. The molecular formula is C21H25N3O. The number of nitrogens with zero attached hydrogens (tertiary/aromatic N) is 2. The first-order chi connectivity index (χ1) is 12.1. The van der Waals surface area contributed by atoms with E-state index in [9.17, 15) is 4.79 Å². The Hall–Kier alpha value is -2.33. The van der Waals surface area contributed by atoms with Crippen LogP contribution in [-0.2, 0) is 6.54 Å². The van der Waals surface area contributed by atoms with Crippen LogP contribution in [0.25, 0.3) is 11.0 Å². The molecule has 0 aliphatic carbocycles. The average molecular weight is 335 g/mol. The Morgan fingerprint density at radius 2 is 1.72 bits per heavy atom. The van der Waals surface area contributed by atoms with E-state index in [2.05, 4.69) is 66.2 Å². The van der Waals surface area contributed by atoms with Crippen molar-refractivity contribution in [3.63, 3.8) is 0 Å². The van der Waals surface area contributed by atoms with Crippen molar-refractivity contribution in [1.29, 1.82) is 0 Å². The molecule has 2 aromatic carbocycles. The summed E-state index contributed by atoms with van der Waals surface area (Å²) >= 11 is 0. The number of imidazole rings is 1. The minimum Gasteiger partial charge on any atom is -0.306 e. The van der Waals surface area contributed by atoms with Crippen LogP contribution in [-0.4, -0.2) is 27.5 Å². The highest BCUT2D eigenvalue weighted by atomic mass is 16.1. The van der Waals surface area contributed by atoms with Crippen molar-refractivity contribution in [2.24, 2.45) is 0 Å². The van der Waals surface area contributed by atoms with Gasteiger partial charge in [-0.05, 0) is 55.5 Å². The van der Waals surface area contributed by atoms with Gasteiger partial charge < -0.3 is 4.98 Å². The van der Waals surface area contributed by atoms with Crippen molar-refractivity contribution < 1.29 is 0 Å². The maximum absolute atomic E-state index is 12.5. The van der Waals surface area contributed by atoms with E-state index >= 15 is 0 Å². The second-order valence-corrected chi connectivity index (χ2v) is 7.25. The van der Waals surface area contributed by atoms with Crippen LogP contribution in [0.2, 0.25) is 0 Å². The SMILES string of the molecule is Cc1cc2[nH]c(=O)n(C3CCN(Cc4ccccc4)CC3)c2cc1C. The number of aryl methyl sites for hydroxylation is 2. The van der Waals surface area contributed by atoms with Crippen LogP contribution in [0.4, 0.5) is 0 Å². The Labute approximate surface area is 148 Å². The summed E-state index contributed by atoms with van der Waals surface area (Å²) in [5.41, 5.74) is 5.85. The van der Waals surface area contributed by atoms with E-state index < -0.39 is 0 Å². The van der Waals surface area contributed by atoms with Crippen molar-refractivity contribution >= 4 is 11.0 Å². The monoisotopic (exact) mass is 335 g/mol. The average Bonchev–Trinajstić information content (AvgIpc) is 2.92. The number of hydrogen-bond donors (Lipinski definition) is 1. The smallest absolute Gasteiger partial charge is 0.306 e. The molecule has 130 valence electrons. The van der Waals surface area contributed by atoms with Gasteiger partial charge in [-0.3, -0.25) is 9.47 Å². The Morgan fingerprint density at radius 3 is 2.44 bits per heavy atom. The third-order valence-electron chi connectivity index (χ3n) is 5.50. The number of rotatable bonds is 3. The zero-order chi connectivity index (χ0) is 17.4. The highest BCUT2D eigenvalue weighted by Gasteiger charge is 2.23. The van der Waals surface area contributed by atoms with Gasteiger partial charge in [0.1, 0.15) is 0 Å². The van der Waals surface area contributed by atoms with E-state index in [1.54, 1.807) is 0 Å². The van der Waals surface area contributed by atoms with Crippen molar-refractivity contribution in [2.45, 2.75) is 39.3 Å². The summed E-state index contributed by atoms with van der Waals surface area (Å²) in [6, 6.07) is 15.1. The van der Waals surface area contributed by atoms with Crippen LogP contribution in [0, 0.1) is 13.8 Å². The number of piperidine rings is 1. The molecule has 0 saturated carbocycles. The number of benzene rings is 2. The largest absolute Gasteiger partial charge is 0.326 e. The first-order valence-electron chi connectivity index (χ1n) is 9.09. The minimum atomic E-state index is 0.0292. The topological polar surface area (TPSA) is 41.0 Å². The number of H-pyrrole nitrogens is 1. The van der Waals surface area contributed by atoms with Crippen molar-refractivity contribution in [1.82, 2.24) is 14.5 Å². The lowest BCUT2D eigenvalue weighted by Gasteiger charge is -2.32. The van der Waals surface area contributed by atoms with E-state index in [1.807, 2.05) is 4.57 Å².